The molecule has 0 radical (unpaired) electrons. The molecule has 2 amide bonds. The van der Waals surface area contributed by atoms with Gasteiger partial charge in [-0.1, -0.05) is 0 Å². The minimum Gasteiger partial charge on any atom is -0.469 e. The van der Waals surface area contributed by atoms with Crippen molar-refractivity contribution >= 4 is 35.7 Å². The van der Waals surface area contributed by atoms with E-state index in [0.29, 0.717) is 11.8 Å². The zero-order chi connectivity index (χ0) is 22.1. The zero-order valence-corrected chi connectivity index (χ0v) is 15.7. The Morgan fingerprint density at radius 3 is 2.20 bits per heavy atom. The Hall–Kier alpha value is -1.97. The van der Waals surface area contributed by atoms with Gasteiger partial charge in [-0.05, 0) is 27.0 Å². The van der Waals surface area contributed by atoms with Crippen molar-refractivity contribution in [3.63, 3.8) is 0 Å². The van der Waals surface area contributed by atoms with Crippen LogP contribution in [-0.4, -0.2) is 67.8 Å². The standard InChI is InChI=1S/C15H26N2O7S/c1-15(2,3)24-14(21)17-9(7-11(18)22-4)12(19)16-10(8-25-6)13(20)23-5/h9-10H,7-8H2,1-6H3,(H,16,19)(H,17,21)/t9-,10-/m0/s1/i6D3. The van der Waals surface area contributed by atoms with Crippen molar-refractivity contribution in [2.24, 2.45) is 0 Å². The smallest absolute Gasteiger partial charge is 0.408 e. The maximum absolute atomic E-state index is 12.5. The Labute approximate surface area is 155 Å². The summed E-state index contributed by atoms with van der Waals surface area (Å²) in [5.41, 5.74) is -0.846. The van der Waals surface area contributed by atoms with Crippen LogP contribution in [0.3, 0.4) is 0 Å². The number of hydrogen-bond acceptors (Lipinski definition) is 8. The molecule has 0 aromatic carbocycles. The van der Waals surface area contributed by atoms with Gasteiger partial charge in [0.25, 0.3) is 0 Å². The van der Waals surface area contributed by atoms with Crippen molar-refractivity contribution in [1.82, 2.24) is 10.6 Å². The maximum atomic E-state index is 12.5. The van der Waals surface area contributed by atoms with Crippen LogP contribution in [-0.2, 0) is 28.6 Å². The van der Waals surface area contributed by atoms with Gasteiger partial charge in [0.1, 0.15) is 17.7 Å². The van der Waals surface area contributed by atoms with E-state index in [1.165, 1.54) is 0 Å². The first kappa shape index (κ1) is 17.8. The highest BCUT2D eigenvalue weighted by atomic mass is 32.2. The van der Waals surface area contributed by atoms with E-state index >= 15 is 0 Å². The quantitative estimate of drug-likeness (QED) is 0.460. The van der Waals surface area contributed by atoms with Gasteiger partial charge in [0, 0.05) is 9.87 Å². The largest absolute Gasteiger partial charge is 0.469 e. The number of esters is 2. The van der Waals surface area contributed by atoms with Gasteiger partial charge in [-0.15, -0.1) is 0 Å². The number of thioether (sulfide) groups is 1. The predicted octanol–water partition coefficient (Wildman–Crippen LogP) is 0.464. The highest BCUT2D eigenvalue weighted by molar-refractivity contribution is 7.98. The predicted molar refractivity (Wildman–Crippen MR) is 92.1 cm³/mol. The van der Waals surface area contributed by atoms with Gasteiger partial charge >= 0.3 is 18.0 Å². The van der Waals surface area contributed by atoms with E-state index in [2.05, 4.69) is 20.1 Å². The van der Waals surface area contributed by atoms with Gasteiger partial charge < -0.3 is 24.8 Å². The molecule has 25 heavy (non-hydrogen) atoms. The van der Waals surface area contributed by atoms with Crippen LogP contribution in [0.4, 0.5) is 4.79 Å². The number of hydrogen-bond donors (Lipinski definition) is 2. The van der Waals surface area contributed by atoms with E-state index in [0.717, 1.165) is 14.2 Å². The molecule has 10 heteroatoms. The lowest BCUT2D eigenvalue weighted by Crippen LogP contribution is -2.53. The summed E-state index contributed by atoms with van der Waals surface area (Å²) in [5.74, 6) is -2.87. The van der Waals surface area contributed by atoms with E-state index in [1.54, 1.807) is 20.8 Å². The number of ether oxygens (including phenoxy) is 3. The van der Waals surface area contributed by atoms with Crippen LogP contribution in [0.5, 0.6) is 0 Å². The molecule has 0 unspecified atom stereocenters. The Morgan fingerprint density at radius 2 is 1.72 bits per heavy atom. The number of alkyl carbamates (subject to hydrolysis) is 1. The van der Waals surface area contributed by atoms with Crippen molar-refractivity contribution < 1.29 is 37.5 Å². The van der Waals surface area contributed by atoms with Crippen molar-refractivity contribution in [2.45, 2.75) is 44.9 Å². The first-order valence-corrected chi connectivity index (χ1v) is 8.25. The summed E-state index contributed by atoms with van der Waals surface area (Å²) < 4.78 is 35.6. The average Bonchev–Trinajstić information content (AvgIpc) is 2.54. The van der Waals surface area contributed by atoms with E-state index in [4.69, 9.17) is 8.85 Å². The molecular formula is C15H26N2O7S. The molecule has 0 bridgehead atoms. The molecule has 0 rings (SSSR count). The molecule has 0 aliphatic rings. The molecule has 9 nitrogen and oxygen atoms in total. The molecule has 0 aliphatic heterocycles. The molecule has 144 valence electrons. The van der Waals surface area contributed by atoms with Crippen molar-refractivity contribution in [3.8, 4) is 0 Å². The summed E-state index contributed by atoms with van der Waals surface area (Å²) in [4.78, 5) is 47.8. The number of nitrogens with one attached hydrogen (secondary N) is 2. The Morgan fingerprint density at radius 1 is 1.08 bits per heavy atom. The van der Waals surface area contributed by atoms with Crippen LogP contribution in [0, 0.1) is 0 Å². The second-order valence-corrected chi connectivity index (χ2v) is 6.50. The van der Waals surface area contributed by atoms with Crippen molar-refractivity contribution in [2.75, 3.05) is 26.2 Å². The summed E-state index contributed by atoms with van der Waals surface area (Å²) in [7, 11) is 2.18. The first-order chi connectivity index (χ1) is 12.7. The lowest BCUT2D eigenvalue weighted by atomic mass is 10.1. The van der Waals surface area contributed by atoms with Gasteiger partial charge in [0.2, 0.25) is 5.91 Å². The minimum absolute atomic E-state index is 0.299. The van der Waals surface area contributed by atoms with Crippen LogP contribution >= 0.6 is 11.8 Å². The summed E-state index contributed by atoms with van der Waals surface area (Å²) >= 11 is 0.460. The van der Waals surface area contributed by atoms with Crippen LogP contribution in [0.2, 0.25) is 0 Å². The summed E-state index contributed by atoms with van der Waals surface area (Å²) in [6.07, 6.45) is -3.87. The van der Waals surface area contributed by atoms with Crippen LogP contribution in [0.25, 0.3) is 0 Å². The molecular weight excluding hydrogens is 352 g/mol. The lowest BCUT2D eigenvalue weighted by Gasteiger charge is -2.24. The van der Waals surface area contributed by atoms with Gasteiger partial charge in [-0.25, -0.2) is 9.59 Å². The number of amides is 2. The SMILES string of the molecule is [2H]C([2H])([2H])SC[C@H](NC(=O)[C@H](CC(=O)OC)NC(=O)OC(C)(C)C)C(=O)OC. The average molecular weight is 381 g/mol. The lowest BCUT2D eigenvalue weighted by molar-refractivity contribution is -0.145. The number of carbonyl (C=O) groups is 4. The maximum Gasteiger partial charge on any atom is 0.408 e. The molecule has 0 saturated carbocycles. The fourth-order valence-electron chi connectivity index (χ4n) is 1.58. The Kier molecular flexibility index (Phi) is 7.71. The summed E-state index contributed by atoms with van der Waals surface area (Å²) in [6.45, 7) is 4.84. The van der Waals surface area contributed by atoms with E-state index in [9.17, 15) is 19.2 Å². The molecule has 0 spiro atoms. The highest BCUT2D eigenvalue weighted by Gasteiger charge is 2.30. The topological polar surface area (TPSA) is 120 Å². The minimum atomic E-state index is -2.39. The second kappa shape index (κ2) is 10.8. The van der Waals surface area contributed by atoms with E-state index < -0.39 is 54.2 Å². The van der Waals surface area contributed by atoms with Gasteiger partial charge in [-0.3, -0.25) is 9.59 Å². The fourth-order valence-corrected chi connectivity index (χ4v) is 1.96. The normalized spacial score (nSPS) is 15.5. The summed E-state index contributed by atoms with van der Waals surface area (Å²) in [5, 5.41) is 4.50. The third-order valence-corrected chi connectivity index (χ3v) is 3.16. The first-order valence-electron chi connectivity index (χ1n) is 8.77. The zero-order valence-electron chi connectivity index (χ0n) is 17.8. The number of methoxy groups -OCH3 is 2. The van der Waals surface area contributed by atoms with Crippen molar-refractivity contribution in [1.29, 1.82) is 0 Å². The third-order valence-electron chi connectivity index (χ3n) is 2.66. The van der Waals surface area contributed by atoms with Gasteiger partial charge in [0.05, 0.1) is 20.6 Å². The van der Waals surface area contributed by atoms with E-state index in [1.807, 2.05) is 0 Å². The highest BCUT2D eigenvalue weighted by Crippen LogP contribution is 2.08. The summed E-state index contributed by atoms with van der Waals surface area (Å²) in [6, 6.07) is -2.71. The molecule has 0 saturated heterocycles. The number of carbonyl (C=O) groups excluding carboxylic acids is 4. The third kappa shape index (κ3) is 9.80. The molecule has 0 aliphatic carbocycles. The second-order valence-electron chi connectivity index (χ2n) is 5.87. The van der Waals surface area contributed by atoms with E-state index in [-0.39, 0.29) is 5.75 Å². The number of rotatable bonds is 8. The van der Waals surface area contributed by atoms with Crippen LogP contribution < -0.4 is 10.6 Å². The van der Waals surface area contributed by atoms with Crippen LogP contribution in [0.15, 0.2) is 0 Å². The monoisotopic (exact) mass is 381 g/mol. The molecule has 0 fully saturated rings. The Bertz CT molecular complexity index is 579. The van der Waals surface area contributed by atoms with Gasteiger partial charge in [0.15, 0.2) is 0 Å². The molecule has 0 aromatic rings. The molecule has 0 heterocycles. The molecule has 2 atom stereocenters. The van der Waals surface area contributed by atoms with Gasteiger partial charge in [-0.2, -0.15) is 11.8 Å². The fraction of sp³-hybridized carbons (Fsp3) is 0.733. The molecule has 0 aromatic heterocycles. The van der Waals surface area contributed by atoms with Crippen LogP contribution in [0.1, 0.15) is 31.3 Å². The Balaban J connectivity index is 5.26. The van der Waals surface area contributed by atoms with Crippen molar-refractivity contribution in [3.05, 3.63) is 0 Å². The molecule has 2 N–H and O–H groups in total.